The van der Waals surface area contributed by atoms with Gasteiger partial charge >= 0.3 is 0 Å². The molecular formula is C10H14O2. The van der Waals surface area contributed by atoms with E-state index < -0.39 is 12.2 Å². The number of aliphatic hydroxyl groups excluding tert-OH is 2. The summed E-state index contributed by atoms with van der Waals surface area (Å²) < 4.78 is 0. The third-order valence-corrected chi connectivity index (χ3v) is 1.29. The van der Waals surface area contributed by atoms with Gasteiger partial charge in [0.2, 0.25) is 0 Å². The summed E-state index contributed by atoms with van der Waals surface area (Å²) in [6.07, 6.45) is -1.72. The summed E-state index contributed by atoms with van der Waals surface area (Å²) in [4.78, 5) is 0. The van der Waals surface area contributed by atoms with E-state index in [1.807, 2.05) is 0 Å². The second kappa shape index (κ2) is 4.76. The van der Waals surface area contributed by atoms with E-state index >= 15 is 0 Å². The summed E-state index contributed by atoms with van der Waals surface area (Å²) in [5, 5.41) is 18.3. The van der Waals surface area contributed by atoms with Crippen LogP contribution in [0.25, 0.3) is 0 Å². The van der Waals surface area contributed by atoms with Crippen LogP contribution in [-0.2, 0) is 0 Å². The van der Waals surface area contributed by atoms with Crippen LogP contribution in [0.4, 0.5) is 0 Å². The van der Waals surface area contributed by atoms with Gasteiger partial charge in [0.15, 0.2) is 0 Å². The Bertz CT molecular complexity index is 218. The van der Waals surface area contributed by atoms with Crippen LogP contribution in [0.15, 0.2) is 24.3 Å². The molecule has 0 heterocycles. The molecule has 0 saturated heterocycles. The standard InChI is InChI=1S/C10H14O2/c1-7(2)9(11)5-6-10(12)8(3)4/h9-12H,1,3H2,2,4H3. The van der Waals surface area contributed by atoms with E-state index in [1.54, 1.807) is 13.8 Å². The number of aliphatic hydroxyl groups is 2. The molecule has 0 aliphatic rings. The van der Waals surface area contributed by atoms with E-state index in [0.717, 1.165) is 0 Å². The minimum absolute atomic E-state index is 0.566. The van der Waals surface area contributed by atoms with Crippen LogP contribution in [-0.4, -0.2) is 22.4 Å². The zero-order valence-corrected chi connectivity index (χ0v) is 7.46. The largest absolute Gasteiger partial charge is 0.376 e. The molecule has 2 unspecified atom stereocenters. The Hall–Kier alpha value is -1.04. The lowest BCUT2D eigenvalue weighted by atomic mass is 10.1. The molecule has 0 aliphatic heterocycles. The van der Waals surface area contributed by atoms with E-state index in [1.165, 1.54) is 0 Å². The molecule has 0 amide bonds. The molecule has 0 rings (SSSR count). The predicted molar refractivity (Wildman–Crippen MR) is 49.4 cm³/mol. The van der Waals surface area contributed by atoms with Gasteiger partial charge in [0, 0.05) is 0 Å². The van der Waals surface area contributed by atoms with Crippen molar-refractivity contribution in [2.45, 2.75) is 26.1 Å². The van der Waals surface area contributed by atoms with Crippen LogP contribution in [0, 0.1) is 11.8 Å². The predicted octanol–water partition coefficient (Wildman–Crippen LogP) is 0.864. The highest BCUT2D eigenvalue weighted by Gasteiger charge is 2.00. The van der Waals surface area contributed by atoms with Gasteiger partial charge in [0.1, 0.15) is 12.2 Å². The highest BCUT2D eigenvalue weighted by molar-refractivity contribution is 5.23. The van der Waals surface area contributed by atoms with Gasteiger partial charge in [0.05, 0.1) is 0 Å². The van der Waals surface area contributed by atoms with Gasteiger partial charge in [-0.25, -0.2) is 0 Å². The number of hydrogen-bond donors (Lipinski definition) is 2. The van der Waals surface area contributed by atoms with Crippen LogP contribution in [0.5, 0.6) is 0 Å². The zero-order valence-electron chi connectivity index (χ0n) is 7.46. The quantitative estimate of drug-likeness (QED) is 0.472. The lowest BCUT2D eigenvalue weighted by Gasteiger charge is -2.02. The Balaban J connectivity index is 4.21. The molecule has 0 aromatic rings. The zero-order chi connectivity index (χ0) is 9.72. The van der Waals surface area contributed by atoms with Crippen LogP contribution in [0.2, 0.25) is 0 Å². The molecule has 0 fully saturated rings. The molecule has 0 aromatic heterocycles. The SMILES string of the molecule is C=C(C)C(O)C#CC(O)C(=C)C. The van der Waals surface area contributed by atoms with Crippen LogP contribution in [0.1, 0.15) is 13.8 Å². The van der Waals surface area contributed by atoms with Gasteiger partial charge < -0.3 is 10.2 Å². The first kappa shape index (κ1) is 11.0. The molecule has 0 radical (unpaired) electrons. The van der Waals surface area contributed by atoms with Gasteiger partial charge in [-0.3, -0.25) is 0 Å². The van der Waals surface area contributed by atoms with Crippen molar-refractivity contribution < 1.29 is 10.2 Å². The lowest BCUT2D eigenvalue weighted by molar-refractivity contribution is 0.259. The van der Waals surface area contributed by atoms with Crippen molar-refractivity contribution in [2.24, 2.45) is 0 Å². The average molecular weight is 166 g/mol. The van der Waals surface area contributed by atoms with Crippen molar-refractivity contribution in [1.82, 2.24) is 0 Å². The second-order valence-electron chi connectivity index (χ2n) is 2.79. The van der Waals surface area contributed by atoms with E-state index in [9.17, 15) is 0 Å². The molecule has 2 heteroatoms. The normalized spacial score (nSPS) is 14.0. The van der Waals surface area contributed by atoms with Gasteiger partial charge in [-0.05, 0) is 25.0 Å². The van der Waals surface area contributed by atoms with E-state index in [2.05, 4.69) is 25.0 Å². The lowest BCUT2D eigenvalue weighted by Crippen LogP contribution is -2.07. The van der Waals surface area contributed by atoms with Crippen molar-refractivity contribution in [3.05, 3.63) is 24.3 Å². The molecule has 0 bridgehead atoms. The van der Waals surface area contributed by atoms with Gasteiger partial charge in [0.25, 0.3) is 0 Å². The minimum atomic E-state index is -0.862. The number of rotatable bonds is 2. The molecule has 2 atom stereocenters. The van der Waals surface area contributed by atoms with Crippen LogP contribution >= 0.6 is 0 Å². The summed E-state index contributed by atoms with van der Waals surface area (Å²) in [6, 6.07) is 0. The summed E-state index contributed by atoms with van der Waals surface area (Å²) in [6.45, 7) is 10.4. The van der Waals surface area contributed by atoms with E-state index in [4.69, 9.17) is 10.2 Å². The summed E-state index contributed by atoms with van der Waals surface area (Å²) >= 11 is 0. The third-order valence-electron chi connectivity index (χ3n) is 1.29. The molecule has 0 aromatic carbocycles. The first-order valence-corrected chi connectivity index (χ1v) is 3.63. The van der Waals surface area contributed by atoms with E-state index in [-0.39, 0.29) is 0 Å². The van der Waals surface area contributed by atoms with Crippen molar-refractivity contribution in [1.29, 1.82) is 0 Å². The van der Waals surface area contributed by atoms with Crippen LogP contribution in [0.3, 0.4) is 0 Å². The molecule has 2 nitrogen and oxygen atoms in total. The number of hydrogen-bond acceptors (Lipinski definition) is 2. The first-order valence-electron chi connectivity index (χ1n) is 3.63. The molecule has 0 aliphatic carbocycles. The Morgan fingerprint density at radius 2 is 1.25 bits per heavy atom. The fourth-order valence-corrected chi connectivity index (χ4v) is 0.404. The minimum Gasteiger partial charge on any atom is -0.376 e. The summed E-state index contributed by atoms with van der Waals surface area (Å²) in [5.41, 5.74) is 1.13. The smallest absolute Gasteiger partial charge is 0.135 e. The molecule has 0 saturated carbocycles. The Morgan fingerprint density at radius 3 is 1.42 bits per heavy atom. The molecule has 66 valence electrons. The van der Waals surface area contributed by atoms with Crippen molar-refractivity contribution in [3.8, 4) is 11.8 Å². The third kappa shape index (κ3) is 3.97. The second-order valence-corrected chi connectivity index (χ2v) is 2.79. The molecule has 0 spiro atoms. The highest BCUT2D eigenvalue weighted by atomic mass is 16.3. The fraction of sp³-hybridized carbons (Fsp3) is 0.400. The summed E-state index contributed by atoms with van der Waals surface area (Å²) in [7, 11) is 0. The fourth-order valence-electron chi connectivity index (χ4n) is 0.404. The maximum atomic E-state index is 9.14. The first-order chi connectivity index (χ1) is 5.45. The Kier molecular flexibility index (Phi) is 4.35. The Morgan fingerprint density at radius 1 is 1.00 bits per heavy atom. The molecular weight excluding hydrogens is 152 g/mol. The van der Waals surface area contributed by atoms with Crippen molar-refractivity contribution >= 4 is 0 Å². The molecule has 2 N–H and O–H groups in total. The highest BCUT2D eigenvalue weighted by Crippen LogP contribution is 1.98. The average Bonchev–Trinajstić information content (AvgIpc) is 1.98. The van der Waals surface area contributed by atoms with Gasteiger partial charge in [-0.2, -0.15) is 0 Å². The van der Waals surface area contributed by atoms with Gasteiger partial charge in [-0.1, -0.05) is 25.0 Å². The van der Waals surface area contributed by atoms with Gasteiger partial charge in [-0.15, -0.1) is 0 Å². The van der Waals surface area contributed by atoms with Crippen LogP contribution < -0.4 is 0 Å². The Labute approximate surface area is 73.2 Å². The molecule has 12 heavy (non-hydrogen) atoms. The maximum Gasteiger partial charge on any atom is 0.135 e. The van der Waals surface area contributed by atoms with E-state index in [0.29, 0.717) is 11.1 Å². The van der Waals surface area contributed by atoms with Crippen molar-refractivity contribution in [2.75, 3.05) is 0 Å². The van der Waals surface area contributed by atoms with Crippen molar-refractivity contribution in [3.63, 3.8) is 0 Å². The summed E-state index contributed by atoms with van der Waals surface area (Å²) in [5.74, 6) is 4.92. The topological polar surface area (TPSA) is 40.5 Å². The monoisotopic (exact) mass is 166 g/mol. The maximum absolute atomic E-state index is 9.14.